The Bertz CT molecular complexity index is 1090. The molecule has 150 valence electrons. The first kappa shape index (κ1) is 18.3. The first-order valence-corrected chi connectivity index (χ1v) is 10.1. The molecule has 0 spiro atoms. The maximum Gasteiger partial charge on any atom is 0.250 e. The van der Waals surface area contributed by atoms with Crippen LogP contribution in [0, 0.1) is 5.41 Å². The van der Waals surface area contributed by atoms with Gasteiger partial charge in [-0.25, -0.2) is 4.68 Å². The third kappa shape index (κ3) is 2.56. The molecule has 6 nitrogen and oxygen atoms in total. The van der Waals surface area contributed by atoms with Gasteiger partial charge in [0.1, 0.15) is 5.52 Å². The second-order valence-electron chi connectivity index (χ2n) is 8.45. The molecule has 2 heterocycles. The smallest absolute Gasteiger partial charge is 0.250 e. The summed E-state index contributed by atoms with van der Waals surface area (Å²) in [5.41, 5.74) is 9.30. The quantitative estimate of drug-likeness (QED) is 0.702. The predicted octanol–water partition coefficient (Wildman–Crippen LogP) is 2.78. The lowest BCUT2D eigenvalue weighted by atomic mass is 9.78. The van der Waals surface area contributed by atoms with Crippen molar-refractivity contribution >= 4 is 16.8 Å². The van der Waals surface area contributed by atoms with Gasteiger partial charge in [0, 0.05) is 36.1 Å². The van der Waals surface area contributed by atoms with Gasteiger partial charge in [0.05, 0.1) is 17.4 Å². The Hall–Kier alpha value is -2.70. The van der Waals surface area contributed by atoms with Gasteiger partial charge in [-0.3, -0.25) is 4.79 Å². The van der Waals surface area contributed by atoms with Gasteiger partial charge in [-0.1, -0.05) is 24.3 Å². The van der Waals surface area contributed by atoms with Crippen molar-refractivity contribution in [1.29, 1.82) is 0 Å². The molecule has 1 aromatic heterocycles. The van der Waals surface area contributed by atoms with Crippen molar-refractivity contribution in [1.82, 2.24) is 15.1 Å². The summed E-state index contributed by atoms with van der Waals surface area (Å²) in [4.78, 5) is 11.7. The number of rotatable bonds is 5. The Morgan fingerprint density at radius 3 is 2.79 bits per heavy atom. The van der Waals surface area contributed by atoms with Crippen LogP contribution < -0.4 is 11.1 Å². The average Bonchev–Trinajstić information content (AvgIpc) is 3.28. The number of carbonyl (C=O) groups excluding carboxylic acids is 1. The largest absolute Gasteiger partial charge is 0.381 e. The monoisotopic (exact) mass is 390 g/mol. The van der Waals surface area contributed by atoms with Crippen molar-refractivity contribution in [3.8, 4) is 5.69 Å². The molecule has 3 N–H and O–H groups in total. The van der Waals surface area contributed by atoms with E-state index >= 15 is 0 Å². The highest BCUT2D eigenvalue weighted by Crippen LogP contribution is 2.69. The minimum atomic E-state index is -0.460. The van der Waals surface area contributed by atoms with E-state index in [2.05, 4.69) is 41.6 Å². The van der Waals surface area contributed by atoms with Crippen LogP contribution in [-0.4, -0.2) is 42.0 Å². The number of carbonyl (C=O) groups is 1. The fourth-order valence-electron chi connectivity index (χ4n) is 5.42. The highest BCUT2D eigenvalue weighted by Gasteiger charge is 2.70. The van der Waals surface area contributed by atoms with Crippen molar-refractivity contribution in [3.05, 3.63) is 59.8 Å². The molecule has 1 aliphatic heterocycles. The summed E-state index contributed by atoms with van der Waals surface area (Å²) in [6.07, 6.45) is 4.45. The lowest BCUT2D eigenvalue weighted by molar-refractivity contribution is 0.0353. The standard InChI is InChI=1S/C23H26N4O2/c1-15(29-2)23-13-22(23,10-11-25-14-23)17-6-8-18(9-7-17)27-12-16-4-3-5-19(21(24)28)20(16)26-27/h3-9,12,15,25H,10-11,13-14H2,1-2H3,(H2,24,28). The maximum atomic E-state index is 11.7. The number of primary amides is 1. The van der Waals surface area contributed by atoms with Gasteiger partial charge in [-0.15, -0.1) is 0 Å². The van der Waals surface area contributed by atoms with Crippen LogP contribution in [0.4, 0.5) is 0 Å². The highest BCUT2D eigenvalue weighted by atomic mass is 16.5. The van der Waals surface area contributed by atoms with E-state index in [0.717, 1.165) is 37.0 Å². The Morgan fingerprint density at radius 2 is 2.07 bits per heavy atom. The van der Waals surface area contributed by atoms with Crippen molar-refractivity contribution in [2.75, 3.05) is 20.2 Å². The number of hydrogen-bond donors (Lipinski definition) is 2. The molecular formula is C23H26N4O2. The van der Waals surface area contributed by atoms with Crippen LogP contribution >= 0.6 is 0 Å². The SMILES string of the molecule is COC(C)C12CNCCC1(c1ccc(-n3cc4cccc(C(N)=O)c4n3)cc1)C2. The molecule has 2 aromatic carbocycles. The van der Waals surface area contributed by atoms with Crippen LogP contribution in [0.2, 0.25) is 0 Å². The molecule has 1 amide bonds. The van der Waals surface area contributed by atoms with Crippen LogP contribution in [0.25, 0.3) is 16.6 Å². The molecular weight excluding hydrogens is 364 g/mol. The van der Waals surface area contributed by atoms with Gasteiger partial charge in [0.15, 0.2) is 0 Å². The van der Waals surface area contributed by atoms with E-state index in [1.807, 2.05) is 30.1 Å². The molecule has 3 unspecified atom stereocenters. The van der Waals surface area contributed by atoms with Gasteiger partial charge in [-0.2, -0.15) is 5.10 Å². The summed E-state index contributed by atoms with van der Waals surface area (Å²) in [5.74, 6) is -0.460. The van der Waals surface area contributed by atoms with Crippen molar-refractivity contribution in [3.63, 3.8) is 0 Å². The van der Waals surface area contributed by atoms with Gasteiger partial charge in [0.2, 0.25) is 0 Å². The molecule has 5 rings (SSSR count). The summed E-state index contributed by atoms with van der Waals surface area (Å²) in [7, 11) is 1.81. The molecule has 1 aliphatic carbocycles. The van der Waals surface area contributed by atoms with Crippen molar-refractivity contribution < 1.29 is 9.53 Å². The van der Waals surface area contributed by atoms with Crippen LogP contribution in [-0.2, 0) is 10.2 Å². The molecule has 3 aromatic rings. The Balaban J connectivity index is 1.49. The fourth-order valence-corrected chi connectivity index (χ4v) is 5.42. The van der Waals surface area contributed by atoms with Gasteiger partial charge in [-0.05, 0) is 50.1 Å². The van der Waals surface area contributed by atoms with Crippen molar-refractivity contribution in [2.24, 2.45) is 11.1 Å². The van der Waals surface area contributed by atoms with Crippen LogP contribution in [0.3, 0.4) is 0 Å². The zero-order valence-corrected chi connectivity index (χ0v) is 16.8. The van der Waals surface area contributed by atoms with E-state index in [0.29, 0.717) is 11.1 Å². The van der Waals surface area contributed by atoms with Crippen LogP contribution in [0.1, 0.15) is 35.7 Å². The van der Waals surface area contributed by atoms with Gasteiger partial charge in [0.25, 0.3) is 5.91 Å². The molecule has 0 radical (unpaired) electrons. The average molecular weight is 390 g/mol. The van der Waals surface area contributed by atoms with E-state index in [-0.39, 0.29) is 16.9 Å². The topological polar surface area (TPSA) is 82.2 Å². The Labute approximate surface area is 170 Å². The number of aromatic nitrogens is 2. The molecule has 1 saturated heterocycles. The maximum absolute atomic E-state index is 11.7. The van der Waals surface area contributed by atoms with E-state index in [1.165, 1.54) is 5.56 Å². The molecule has 0 bridgehead atoms. The normalized spacial score (nSPS) is 26.8. The highest BCUT2D eigenvalue weighted by molar-refractivity contribution is 6.04. The van der Waals surface area contributed by atoms with Crippen LogP contribution in [0.5, 0.6) is 0 Å². The third-order valence-corrected chi connectivity index (χ3v) is 7.23. The Morgan fingerprint density at radius 1 is 1.28 bits per heavy atom. The van der Waals surface area contributed by atoms with Crippen LogP contribution in [0.15, 0.2) is 48.7 Å². The lowest BCUT2D eigenvalue weighted by Crippen LogP contribution is -2.44. The first-order valence-electron chi connectivity index (χ1n) is 10.1. The number of methoxy groups -OCH3 is 1. The zero-order valence-electron chi connectivity index (χ0n) is 16.8. The molecule has 1 saturated carbocycles. The summed E-state index contributed by atoms with van der Waals surface area (Å²) < 4.78 is 7.56. The first-order chi connectivity index (χ1) is 14.0. The number of benzene rings is 2. The summed E-state index contributed by atoms with van der Waals surface area (Å²) >= 11 is 0. The van der Waals surface area contributed by atoms with Crippen molar-refractivity contribution in [2.45, 2.75) is 31.3 Å². The third-order valence-electron chi connectivity index (χ3n) is 7.23. The molecule has 6 heteroatoms. The zero-order chi connectivity index (χ0) is 20.2. The van der Waals surface area contributed by atoms with Gasteiger partial charge < -0.3 is 15.8 Å². The second-order valence-corrected chi connectivity index (χ2v) is 8.45. The Kier molecular flexibility index (Phi) is 4.05. The number of ether oxygens (including phenoxy) is 1. The van der Waals surface area contributed by atoms with E-state index < -0.39 is 5.91 Å². The summed E-state index contributed by atoms with van der Waals surface area (Å²) in [6, 6.07) is 14.2. The molecule has 29 heavy (non-hydrogen) atoms. The van der Waals surface area contributed by atoms with Gasteiger partial charge >= 0.3 is 0 Å². The molecule has 2 fully saturated rings. The number of nitrogens with one attached hydrogen (secondary N) is 1. The summed E-state index contributed by atoms with van der Waals surface area (Å²) in [6.45, 7) is 4.24. The minimum absolute atomic E-state index is 0.179. The molecule has 2 aliphatic rings. The van der Waals surface area contributed by atoms with E-state index in [9.17, 15) is 4.79 Å². The number of nitrogens with two attached hydrogens (primary N) is 1. The minimum Gasteiger partial charge on any atom is -0.381 e. The number of piperidine rings is 1. The number of fused-ring (bicyclic) bond motifs is 2. The fraction of sp³-hybridized carbons (Fsp3) is 0.391. The number of amides is 1. The number of hydrogen-bond acceptors (Lipinski definition) is 4. The predicted molar refractivity (Wildman–Crippen MR) is 112 cm³/mol. The second kappa shape index (κ2) is 6.40. The summed E-state index contributed by atoms with van der Waals surface area (Å²) in [5, 5.41) is 9.08. The number of nitrogens with zero attached hydrogens (tertiary/aromatic N) is 2. The van der Waals surface area contributed by atoms with E-state index in [4.69, 9.17) is 10.5 Å². The van der Waals surface area contributed by atoms with E-state index in [1.54, 1.807) is 6.07 Å². The lowest BCUT2D eigenvalue weighted by Gasteiger charge is -2.35. The molecule has 3 atom stereocenters.